The molecule has 1 fully saturated rings. The zero-order valence-corrected chi connectivity index (χ0v) is 13.8. The number of rotatable bonds is 2. The highest BCUT2D eigenvalue weighted by atomic mass is 32.1. The smallest absolute Gasteiger partial charge is 0.226 e. The number of hydrogen-bond donors (Lipinski definition) is 0. The van der Waals surface area contributed by atoms with Gasteiger partial charge in [0.1, 0.15) is 0 Å². The molecule has 120 valence electrons. The lowest BCUT2D eigenvalue weighted by Gasteiger charge is -2.34. The van der Waals surface area contributed by atoms with Crippen molar-refractivity contribution in [2.45, 2.75) is 18.8 Å². The van der Waals surface area contributed by atoms with Crippen LogP contribution >= 0.6 is 11.3 Å². The summed E-state index contributed by atoms with van der Waals surface area (Å²) >= 11 is 1.73. The summed E-state index contributed by atoms with van der Waals surface area (Å²) in [6, 6.07) is 8.21. The Bertz CT molecular complexity index is 700. The number of carbonyl (C=O) groups is 1. The van der Waals surface area contributed by atoms with Gasteiger partial charge in [-0.2, -0.15) is 0 Å². The van der Waals surface area contributed by atoms with Crippen molar-refractivity contribution in [3.05, 3.63) is 41.4 Å². The van der Waals surface area contributed by atoms with Gasteiger partial charge in [-0.3, -0.25) is 4.79 Å². The summed E-state index contributed by atoms with van der Waals surface area (Å²) in [4.78, 5) is 19.7. The number of thiazole rings is 1. The van der Waals surface area contributed by atoms with Crippen LogP contribution in [0.4, 0.5) is 0 Å². The molecule has 0 radical (unpaired) electrons. The average molecular weight is 328 g/mol. The van der Waals surface area contributed by atoms with Crippen molar-refractivity contribution in [1.29, 1.82) is 0 Å². The van der Waals surface area contributed by atoms with Gasteiger partial charge in [-0.05, 0) is 25.0 Å². The Kier molecular flexibility index (Phi) is 4.14. The number of hydrogen-bond acceptors (Lipinski definition) is 4. The number of ether oxygens (including phenoxy) is 1. The fraction of sp³-hybridized carbons (Fsp3) is 0.444. The van der Waals surface area contributed by atoms with Crippen LogP contribution in [-0.4, -0.2) is 42.1 Å². The third-order valence-corrected chi connectivity index (χ3v) is 5.87. The van der Waals surface area contributed by atoms with Gasteiger partial charge < -0.3 is 9.64 Å². The van der Waals surface area contributed by atoms with Crippen molar-refractivity contribution >= 4 is 27.5 Å². The molecule has 2 aromatic rings. The fourth-order valence-corrected chi connectivity index (χ4v) is 4.57. The van der Waals surface area contributed by atoms with Gasteiger partial charge in [0.25, 0.3) is 0 Å². The maximum absolute atomic E-state index is 13.0. The maximum atomic E-state index is 13.0. The Balaban J connectivity index is 1.62. The zero-order valence-electron chi connectivity index (χ0n) is 13.0. The minimum absolute atomic E-state index is 0.0127. The molecule has 5 heteroatoms. The lowest BCUT2D eigenvalue weighted by Crippen LogP contribution is -2.45. The Morgan fingerprint density at radius 2 is 1.96 bits per heavy atom. The van der Waals surface area contributed by atoms with E-state index in [1.807, 2.05) is 23.1 Å². The van der Waals surface area contributed by atoms with E-state index in [1.165, 1.54) is 4.70 Å². The summed E-state index contributed by atoms with van der Waals surface area (Å²) < 4.78 is 6.57. The monoisotopic (exact) mass is 328 g/mol. The molecule has 1 amide bonds. The Morgan fingerprint density at radius 3 is 2.78 bits per heavy atom. The quantitative estimate of drug-likeness (QED) is 0.795. The topological polar surface area (TPSA) is 42.4 Å². The molecule has 2 heterocycles. The van der Waals surface area contributed by atoms with Gasteiger partial charge in [-0.15, -0.1) is 11.3 Å². The Hall–Kier alpha value is -1.72. The minimum Gasteiger partial charge on any atom is -0.378 e. The molecule has 2 atom stereocenters. The van der Waals surface area contributed by atoms with Gasteiger partial charge in [-0.1, -0.05) is 24.3 Å². The van der Waals surface area contributed by atoms with E-state index in [0.717, 1.165) is 23.4 Å². The first-order chi connectivity index (χ1) is 11.3. The number of aromatic nitrogens is 1. The largest absolute Gasteiger partial charge is 0.378 e. The molecule has 0 saturated carbocycles. The first kappa shape index (κ1) is 14.8. The van der Waals surface area contributed by atoms with Crippen LogP contribution in [0.5, 0.6) is 0 Å². The molecule has 4 nitrogen and oxygen atoms in total. The first-order valence-electron chi connectivity index (χ1n) is 8.20. The average Bonchev–Trinajstić information content (AvgIpc) is 3.06. The van der Waals surface area contributed by atoms with Crippen molar-refractivity contribution < 1.29 is 9.53 Å². The van der Waals surface area contributed by atoms with Crippen molar-refractivity contribution in [1.82, 2.24) is 9.88 Å². The van der Waals surface area contributed by atoms with Gasteiger partial charge in [0.2, 0.25) is 5.91 Å². The normalized spacial score (nSPS) is 25.0. The second-order valence-electron chi connectivity index (χ2n) is 6.11. The second kappa shape index (κ2) is 6.42. The number of amides is 1. The number of nitrogens with zero attached hydrogens (tertiary/aromatic N) is 2. The summed E-state index contributed by atoms with van der Waals surface area (Å²) in [5.74, 6) is 0.480. The van der Waals surface area contributed by atoms with Crippen LogP contribution in [-0.2, 0) is 9.53 Å². The molecule has 4 rings (SSSR count). The molecule has 1 aliphatic carbocycles. The van der Waals surface area contributed by atoms with E-state index in [0.29, 0.717) is 26.3 Å². The molecule has 1 aliphatic heterocycles. The van der Waals surface area contributed by atoms with Gasteiger partial charge in [0.05, 0.1) is 34.4 Å². The number of para-hydroxylation sites is 1. The molecule has 0 bridgehead atoms. The standard InChI is InChI=1S/C18H20N2O2S/c21-18(20-9-11-22-12-10-20)14-6-2-1-5-13(14)17-19-15-7-3-4-8-16(15)23-17/h1-4,7-8,13-14H,5-6,9-12H2. The van der Waals surface area contributed by atoms with Crippen molar-refractivity contribution in [3.8, 4) is 0 Å². The molecular formula is C18H20N2O2S. The Morgan fingerprint density at radius 1 is 1.17 bits per heavy atom. The summed E-state index contributed by atoms with van der Waals surface area (Å²) in [6.07, 6.45) is 6.06. The first-order valence-corrected chi connectivity index (χ1v) is 9.01. The second-order valence-corrected chi connectivity index (χ2v) is 7.18. The van der Waals surface area contributed by atoms with Gasteiger partial charge in [0.15, 0.2) is 0 Å². The van der Waals surface area contributed by atoms with Gasteiger partial charge in [-0.25, -0.2) is 4.98 Å². The van der Waals surface area contributed by atoms with Crippen LogP contribution in [0.25, 0.3) is 10.2 Å². The fourth-order valence-electron chi connectivity index (χ4n) is 3.43. The highest BCUT2D eigenvalue weighted by Crippen LogP contribution is 2.39. The molecule has 2 aliphatic rings. The molecule has 2 unspecified atom stereocenters. The molecule has 1 aromatic heterocycles. The van der Waals surface area contributed by atoms with Crippen molar-refractivity contribution in [2.75, 3.05) is 26.3 Å². The van der Waals surface area contributed by atoms with Crippen LogP contribution in [0, 0.1) is 5.92 Å². The lowest BCUT2D eigenvalue weighted by molar-refractivity contribution is -0.140. The molecule has 0 N–H and O–H groups in total. The van der Waals surface area contributed by atoms with Crippen LogP contribution in [0.15, 0.2) is 36.4 Å². The Labute approximate surface area is 139 Å². The summed E-state index contributed by atoms with van der Waals surface area (Å²) in [5, 5.41) is 1.10. The summed E-state index contributed by atoms with van der Waals surface area (Å²) in [7, 11) is 0. The highest BCUT2D eigenvalue weighted by molar-refractivity contribution is 7.18. The maximum Gasteiger partial charge on any atom is 0.226 e. The van der Waals surface area contributed by atoms with Crippen LogP contribution < -0.4 is 0 Å². The number of fused-ring (bicyclic) bond motifs is 1. The van der Waals surface area contributed by atoms with Crippen LogP contribution in [0.3, 0.4) is 0 Å². The molecule has 0 spiro atoms. The van der Waals surface area contributed by atoms with Crippen LogP contribution in [0.1, 0.15) is 23.8 Å². The molecular weight excluding hydrogens is 308 g/mol. The number of morpholine rings is 1. The molecule has 23 heavy (non-hydrogen) atoms. The van der Waals surface area contributed by atoms with E-state index in [-0.39, 0.29) is 17.7 Å². The van der Waals surface area contributed by atoms with Gasteiger partial charge >= 0.3 is 0 Å². The SMILES string of the molecule is O=C(C1CC=CCC1c1nc2ccccc2s1)N1CCOCC1. The van der Waals surface area contributed by atoms with E-state index >= 15 is 0 Å². The number of allylic oxidation sites excluding steroid dienone is 2. The molecule has 1 aromatic carbocycles. The van der Waals surface area contributed by atoms with E-state index in [4.69, 9.17) is 9.72 Å². The van der Waals surface area contributed by atoms with Crippen molar-refractivity contribution in [3.63, 3.8) is 0 Å². The minimum atomic E-state index is 0.0127. The van der Waals surface area contributed by atoms with Gasteiger partial charge in [0, 0.05) is 19.0 Å². The van der Waals surface area contributed by atoms with E-state index < -0.39 is 0 Å². The summed E-state index contributed by atoms with van der Waals surface area (Å²) in [5.41, 5.74) is 1.04. The van der Waals surface area contributed by atoms with E-state index in [2.05, 4.69) is 18.2 Å². The number of carbonyl (C=O) groups excluding carboxylic acids is 1. The highest BCUT2D eigenvalue weighted by Gasteiger charge is 2.35. The predicted molar refractivity (Wildman–Crippen MR) is 91.6 cm³/mol. The molecule has 1 saturated heterocycles. The zero-order chi connectivity index (χ0) is 15.6. The van der Waals surface area contributed by atoms with E-state index in [9.17, 15) is 4.79 Å². The third kappa shape index (κ3) is 2.91. The summed E-state index contributed by atoms with van der Waals surface area (Å²) in [6.45, 7) is 2.73. The van der Waals surface area contributed by atoms with Crippen molar-refractivity contribution in [2.24, 2.45) is 5.92 Å². The van der Waals surface area contributed by atoms with Crippen LogP contribution in [0.2, 0.25) is 0 Å². The number of benzene rings is 1. The lowest BCUT2D eigenvalue weighted by atomic mass is 9.82. The predicted octanol–water partition coefficient (Wildman–Crippen LogP) is 3.20. The third-order valence-electron chi connectivity index (χ3n) is 4.70. The van der Waals surface area contributed by atoms with E-state index in [1.54, 1.807) is 11.3 Å².